The third kappa shape index (κ3) is 2.22. The Morgan fingerprint density at radius 2 is 2.17 bits per heavy atom. The van der Waals surface area contributed by atoms with Gasteiger partial charge in [0.15, 0.2) is 0 Å². The predicted octanol–water partition coefficient (Wildman–Crippen LogP) is 0.466. The number of carbonyl (C=O) groups excluding carboxylic acids is 2. The SMILES string of the molecule is CCOCC(=O)N1c2ccccc2C[C@@H]1C(N)=O. The molecular formula is C13H16N2O3. The smallest absolute Gasteiger partial charge is 0.253 e. The molecule has 2 amide bonds. The topological polar surface area (TPSA) is 72.6 Å². The summed E-state index contributed by atoms with van der Waals surface area (Å²) in [7, 11) is 0. The number of anilines is 1. The first-order chi connectivity index (χ1) is 8.65. The van der Waals surface area contributed by atoms with Crippen LogP contribution in [0.25, 0.3) is 0 Å². The van der Waals surface area contributed by atoms with Crippen LogP contribution in [0.4, 0.5) is 5.69 Å². The van der Waals surface area contributed by atoms with Crippen molar-refractivity contribution in [1.29, 1.82) is 0 Å². The highest BCUT2D eigenvalue weighted by Gasteiger charge is 2.36. The lowest BCUT2D eigenvalue weighted by Gasteiger charge is -2.23. The van der Waals surface area contributed by atoms with Crippen molar-refractivity contribution in [2.24, 2.45) is 5.73 Å². The van der Waals surface area contributed by atoms with E-state index in [1.807, 2.05) is 31.2 Å². The molecule has 0 saturated carbocycles. The summed E-state index contributed by atoms with van der Waals surface area (Å²) in [5.74, 6) is -0.721. The van der Waals surface area contributed by atoms with Crippen molar-refractivity contribution in [1.82, 2.24) is 0 Å². The molecule has 2 rings (SSSR count). The van der Waals surface area contributed by atoms with E-state index >= 15 is 0 Å². The quantitative estimate of drug-likeness (QED) is 0.841. The van der Waals surface area contributed by atoms with Gasteiger partial charge in [0.1, 0.15) is 12.6 Å². The standard InChI is InChI=1S/C13H16N2O3/c1-2-18-8-12(16)15-10-6-4-3-5-9(10)7-11(15)13(14)17/h3-6,11H,2,7-8H2,1H3,(H2,14,17)/t11-/m1/s1. The van der Waals surface area contributed by atoms with E-state index in [1.54, 1.807) is 0 Å². The predicted molar refractivity (Wildman–Crippen MR) is 67.1 cm³/mol. The minimum atomic E-state index is -0.602. The van der Waals surface area contributed by atoms with Crippen molar-refractivity contribution in [3.05, 3.63) is 29.8 Å². The first-order valence-corrected chi connectivity index (χ1v) is 5.92. The molecule has 0 radical (unpaired) electrons. The summed E-state index contributed by atoms with van der Waals surface area (Å²) in [6, 6.07) is 6.84. The van der Waals surface area contributed by atoms with Crippen LogP contribution >= 0.6 is 0 Å². The summed E-state index contributed by atoms with van der Waals surface area (Å²) in [5.41, 5.74) is 7.08. The number of nitrogens with two attached hydrogens (primary N) is 1. The number of rotatable bonds is 4. The second-order valence-corrected chi connectivity index (χ2v) is 4.15. The summed E-state index contributed by atoms with van der Waals surface area (Å²) in [6.07, 6.45) is 0.476. The van der Waals surface area contributed by atoms with Gasteiger partial charge in [0, 0.05) is 18.7 Å². The average Bonchev–Trinajstić information content (AvgIpc) is 2.75. The molecule has 1 heterocycles. The number of ether oxygens (including phenoxy) is 1. The van der Waals surface area contributed by atoms with E-state index in [9.17, 15) is 9.59 Å². The maximum atomic E-state index is 12.1. The van der Waals surface area contributed by atoms with Gasteiger partial charge in [-0.25, -0.2) is 0 Å². The van der Waals surface area contributed by atoms with Gasteiger partial charge in [0.05, 0.1) is 0 Å². The summed E-state index contributed by atoms with van der Waals surface area (Å²) >= 11 is 0. The first-order valence-electron chi connectivity index (χ1n) is 5.92. The number of hydrogen-bond acceptors (Lipinski definition) is 3. The zero-order valence-corrected chi connectivity index (χ0v) is 10.3. The normalized spacial score (nSPS) is 17.6. The Morgan fingerprint density at radius 3 is 2.83 bits per heavy atom. The summed E-state index contributed by atoms with van der Waals surface area (Å²) in [6.45, 7) is 2.24. The molecule has 1 aliphatic heterocycles. The number of fused-ring (bicyclic) bond motifs is 1. The molecule has 0 saturated heterocycles. The summed E-state index contributed by atoms with van der Waals surface area (Å²) < 4.78 is 5.11. The highest BCUT2D eigenvalue weighted by Crippen LogP contribution is 2.31. The van der Waals surface area contributed by atoms with Crippen LogP contribution < -0.4 is 10.6 Å². The van der Waals surface area contributed by atoms with Crippen LogP contribution in [-0.2, 0) is 20.7 Å². The van der Waals surface area contributed by atoms with Crippen LogP contribution in [0.3, 0.4) is 0 Å². The molecule has 1 aliphatic rings. The molecule has 18 heavy (non-hydrogen) atoms. The van der Waals surface area contributed by atoms with Gasteiger partial charge in [0.2, 0.25) is 5.91 Å². The number of para-hydroxylation sites is 1. The lowest BCUT2D eigenvalue weighted by atomic mass is 10.1. The van der Waals surface area contributed by atoms with Crippen LogP contribution in [0.15, 0.2) is 24.3 Å². The lowest BCUT2D eigenvalue weighted by Crippen LogP contribution is -2.47. The van der Waals surface area contributed by atoms with Crippen molar-refractivity contribution in [3.63, 3.8) is 0 Å². The van der Waals surface area contributed by atoms with E-state index in [4.69, 9.17) is 10.5 Å². The zero-order valence-electron chi connectivity index (χ0n) is 10.3. The Morgan fingerprint density at radius 1 is 1.44 bits per heavy atom. The van der Waals surface area contributed by atoms with Gasteiger partial charge >= 0.3 is 0 Å². The molecule has 0 aromatic heterocycles. The molecule has 96 valence electrons. The number of hydrogen-bond donors (Lipinski definition) is 1. The minimum absolute atomic E-state index is 0.0331. The molecule has 2 N–H and O–H groups in total. The van der Waals surface area contributed by atoms with Crippen LogP contribution in [0.2, 0.25) is 0 Å². The Balaban J connectivity index is 2.28. The molecule has 5 heteroatoms. The molecule has 1 atom stereocenters. The zero-order chi connectivity index (χ0) is 13.1. The van der Waals surface area contributed by atoms with Crippen LogP contribution in [0.5, 0.6) is 0 Å². The average molecular weight is 248 g/mol. The molecule has 0 aliphatic carbocycles. The number of nitrogens with zero attached hydrogens (tertiary/aromatic N) is 1. The fraction of sp³-hybridized carbons (Fsp3) is 0.385. The summed E-state index contributed by atoms with van der Waals surface area (Å²) in [4.78, 5) is 25.0. The third-order valence-electron chi connectivity index (χ3n) is 3.00. The highest BCUT2D eigenvalue weighted by atomic mass is 16.5. The summed E-state index contributed by atoms with van der Waals surface area (Å²) in [5, 5.41) is 0. The van der Waals surface area contributed by atoms with Crippen molar-refractivity contribution >= 4 is 17.5 Å². The van der Waals surface area contributed by atoms with Gasteiger partial charge in [-0.2, -0.15) is 0 Å². The monoisotopic (exact) mass is 248 g/mol. The molecule has 5 nitrogen and oxygen atoms in total. The van der Waals surface area contributed by atoms with Gasteiger partial charge < -0.3 is 10.5 Å². The van der Waals surface area contributed by atoms with E-state index in [0.29, 0.717) is 13.0 Å². The van der Waals surface area contributed by atoms with Crippen LogP contribution in [-0.4, -0.2) is 31.1 Å². The van der Waals surface area contributed by atoms with Gasteiger partial charge in [-0.05, 0) is 18.6 Å². The fourth-order valence-electron chi connectivity index (χ4n) is 2.18. The molecule has 1 aromatic rings. The second kappa shape index (κ2) is 5.18. The van der Waals surface area contributed by atoms with Crippen molar-refractivity contribution in [2.45, 2.75) is 19.4 Å². The number of primary amides is 1. The van der Waals surface area contributed by atoms with Gasteiger partial charge in [-0.15, -0.1) is 0 Å². The Kier molecular flexibility index (Phi) is 3.62. The maximum absolute atomic E-state index is 12.1. The fourth-order valence-corrected chi connectivity index (χ4v) is 2.18. The highest BCUT2D eigenvalue weighted by molar-refractivity contribution is 6.03. The Bertz CT molecular complexity index is 473. The number of carbonyl (C=O) groups is 2. The third-order valence-corrected chi connectivity index (χ3v) is 3.00. The van der Waals surface area contributed by atoms with E-state index < -0.39 is 11.9 Å². The van der Waals surface area contributed by atoms with E-state index in [0.717, 1.165) is 11.3 Å². The number of amides is 2. The molecule has 1 aromatic carbocycles. The number of benzene rings is 1. The van der Waals surface area contributed by atoms with Gasteiger partial charge in [0.25, 0.3) is 5.91 Å². The molecular weight excluding hydrogens is 232 g/mol. The second-order valence-electron chi connectivity index (χ2n) is 4.15. The molecule has 0 unspecified atom stereocenters. The Hall–Kier alpha value is -1.88. The largest absolute Gasteiger partial charge is 0.372 e. The minimum Gasteiger partial charge on any atom is -0.372 e. The molecule has 0 bridgehead atoms. The van der Waals surface area contributed by atoms with Crippen molar-refractivity contribution < 1.29 is 14.3 Å². The van der Waals surface area contributed by atoms with Gasteiger partial charge in [-0.3, -0.25) is 14.5 Å². The van der Waals surface area contributed by atoms with Crippen LogP contribution in [0, 0.1) is 0 Å². The van der Waals surface area contributed by atoms with E-state index in [2.05, 4.69) is 0 Å². The van der Waals surface area contributed by atoms with Crippen molar-refractivity contribution in [2.75, 3.05) is 18.1 Å². The molecule has 0 spiro atoms. The van der Waals surface area contributed by atoms with Gasteiger partial charge in [-0.1, -0.05) is 18.2 Å². The van der Waals surface area contributed by atoms with Crippen molar-refractivity contribution in [3.8, 4) is 0 Å². The van der Waals surface area contributed by atoms with E-state index in [1.165, 1.54) is 4.90 Å². The lowest BCUT2D eigenvalue weighted by molar-refractivity contribution is -0.126. The van der Waals surface area contributed by atoms with Crippen LogP contribution in [0.1, 0.15) is 12.5 Å². The maximum Gasteiger partial charge on any atom is 0.253 e. The first kappa shape index (κ1) is 12.6. The molecule has 0 fully saturated rings. The van der Waals surface area contributed by atoms with E-state index in [-0.39, 0.29) is 12.5 Å². The Labute approximate surface area is 106 Å².